The van der Waals surface area contributed by atoms with E-state index in [1.54, 1.807) is 0 Å². The molecule has 0 saturated carbocycles. The van der Waals surface area contributed by atoms with Crippen LogP contribution in [0.4, 0.5) is 5.69 Å². The van der Waals surface area contributed by atoms with E-state index in [4.69, 9.17) is 5.73 Å². The second-order valence-electron chi connectivity index (χ2n) is 3.77. The van der Waals surface area contributed by atoms with Gasteiger partial charge < -0.3 is 10.8 Å². The Kier molecular flexibility index (Phi) is 3.59. The Hall–Kier alpha value is -0.190. The normalized spacial score (nSPS) is 22.9. The number of thioether (sulfide) groups is 1. The van der Waals surface area contributed by atoms with Crippen LogP contribution in [-0.2, 0) is 0 Å². The van der Waals surface area contributed by atoms with Crippen LogP contribution in [0.1, 0.15) is 24.5 Å². The zero-order valence-corrected chi connectivity index (χ0v) is 10.7. The molecule has 1 fully saturated rings. The van der Waals surface area contributed by atoms with Crippen LogP contribution in [0.2, 0.25) is 0 Å². The van der Waals surface area contributed by atoms with Crippen molar-refractivity contribution < 1.29 is 5.11 Å². The maximum absolute atomic E-state index is 10.2. The summed E-state index contributed by atoms with van der Waals surface area (Å²) in [5.41, 5.74) is 7.42. The fraction of sp³-hybridized carbons (Fsp3) is 0.455. The number of aliphatic hydroxyl groups excluding tert-OH is 1. The van der Waals surface area contributed by atoms with E-state index < -0.39 is 6.10 Å². The summed E-state index contributed by atoms with van der Waals surface area (Å²) in [6.45, 7) is 0. The van der Waals surface area contributed by atoms with Gasteiger partial charge in [-0.05, 0) is 30.7 Å². The number of benzene rings is 1. The molecule has 0 bridgehead atoms. The molecule has 0 radical (unpaired) electrons. The van der Waals surface area contributed by atoms with Gasteiger partial charge in [-0.3, -0.25) is 0 Å². The molecule has 2 nitrogen and oxygen atoms in total. The van der Waals surface area contributed by atoms with Gasteiger partial charge in [-0.1, -0.05) is 22.0 Å². The first-order valence-corrected chi connectivity index (χ1v) is 6.87. The van der Waals surface area contributed by atoms with Crippen LogP contribution < -0.4 is 5.73 Å². The fourth-order valence-electron chi connectivity index (χ4n) is 1.87. The minimum Gasteiger partial charge on any atom is -0.398 e. The van der Waals surface area contributed by atoms with Gasteiger partial charge in [0.05, 0.1) is 6.10 Å². The van der Waals surface area contributed by atoms with Gasteiger partial charge in [0.15, 0.2) is 0 Å². The number of anilines is 1. The van der Waals surface area contributed by atoms with Gasteiger partial charge in [0.2, 0.25) is 0 Å². The Labute approximate surface area is 102 Å². The van der Waals surface area contributed by atoms with Crippen LogP contribution in [0.3, 0.4) is 0 Å². The van der Waals surface area contributed by atoms with Crippen molar-refractivity contribution >= 4 is 33.4 Å². The number of nitrogen functional groups attached to an aromatic ring is 1. The quantitative estimate of drug-likeness (QED) is 0.822. The van der Waals surface area contributed by atoms with Gasteiger partial charge in [0, 0.05) is 21.0 Å². The molecular weight excluding hydrogens is 274 g/mol. The highest BCUT2D eigenvalue weighted by atomic mass is 79.9. The van der Waals surface area contributed by atoms with Crippen molar-refractivity contribution in [1.29, 1.82) is 0 Å². The minimum absolute atomic E-state index is 0.313. The van der Waals surface area contributed by atoms with E-state index in [2.05, 4.69) is 15.9 Å². The van der Waals surface area contributed by atoms with Crippen LogP contribution in [0.25, 0.3) is 0 Å². The van der Waals surface area contributed by atoms with Crippen molar-refractivity contribution in [3.63, 3.8) is 0 Å². The van der Waals surface area contributed by atoms with Crippen LogP contribution in [-0.4, -0.2) is 16.1 Å². The number of hydrogen-bond donors (Lipinski definition) is 2. The number of hydrogen-bond acceptors (Lipinski definition) is 3. The van der Waals surface area contributed by atoms with Crippen molar-refractivity contribution in [3.8, 4) is 0 Å². The second kappa shape index (κ2) is 4.76. The van der Waals surface area contributed by atoms with Gasteiger partial charge >= 0.3 is 0 Å². The molecule has 0 spiro atoms. The van der Waals surface area contributed by atoms with E-state index in [0.717, 1.165) is 22.2 Å². The number of halogens is 1. The molecule has 2 unspecified atom stereocenters. The lowest BCUT2D eigenvalue weighted by atomic mass is 10.0. The molecule has 0 aliphatic carbocycles. The molecule has 2 atom stereocenters. The Morgan fingerprint density at radius 1 is 1.53 bits per heavy atom. The van der Waals surface area contributed by atoms with Crippen LogP contribution in [0.15, 0.2) is 22.7 Å². The predicted octanol–water partition coefficient (Wildman–Crippen LogP) is 2.96. The summed E-state index contributed by atoms with van der Waals surface area (Å²) in [5.74, 6) is 1.15. The van der Waals surface area contributed by atoms with E-state index in [1.807, 2.05) is 30.0 Å². The van der Waals surface area contributed by atoms with E-state index in [0.29, 0.717) is 10.9 Å². The predicted molar refractivity (Wildman–Crippen MR) is 69.0 cm³/mol. The Morgan fingerprint density at radius 3 is 2.93 bits per heavy atom. The third kappa shape index (κ3) is 2.49. The maximum Gasteiger partial charge on any atom is 0.0928 e. The lowest BCUT2D eigenvalue weighted by Gasteiger charge is -2.19. The Morgan fingerprint density at radius 2 is 2.33 bits per heavy atom. The van der Waals surface area contributed by atoms with Crippen molar-refractivity contribution in [1.82, 2.24) is 0 Å². The summed E-state index contributed by atoms with van der Waals surface area (Å²) in [4.78, 5) is 0. The van der Waals surface area contributed by atoms with Gasteiger partial charge in [0.1, 0.15) is 0 Å². The summed E-state index contributed by atoms with van der Waals surface area (Å²) in [6.07, 6.45) is 1.86. The van der Waals surface area contributed by atoms with Gasteiger partial charge in [-0.15, -0.1) is 0 Å². The first kappa shape index (κ1) is 11.3. The standard InChI is InChI=1S/C11H14BrNOS/c12-7-3-4-8(9(13)6-7)11(14)10-2-1-5-15-10/h3-4,6,10-11,14H,1-2,5,13H2. The Balaban J connectivity index is 2.20. The highest BCUT2D eigenvalue weighted by Crippen LogP contribution is 2.38. The van der Waals surface area contributed by atoms with Gasteiger partial charge in [-0.25, -0.2) is 0 Å². The van der Waals surface area contributed by atoms with Crippen molar-refractivity contribution in [2.45, 2.75) is 24.2 Å². The molecule has 0 aromatic heterocycles. The van der Waals surface area contributed by atoms with Crippen molar-refractivity contribution in [2.24, 2.45) is 0 Å². The average molecular weight is 288 g/mol. The van der Waals surface area contributed by atoms with Crippen LogP contribution in [0.5, 0.6) is 0 Å². The number of nitrogens with two attached hydrogens (primary N) is 1. The smallest absolute Gasteiger partial charge is 0.0928 e. The van der Waals surface area contributed by atoms with Gasteiger partial charge in [-0.2, -0.15) is 11.8 Å². The van der Waals surface area contributed by atoms with Crippen molar-refractivity contribution in [3.05, 3.63) is 28.2 Å². The summed E-state index contributed by atoms with van der Waals surface area (Å²) in [6, 6.07) is 5.68. The maximum atomic E-state index is 10.2. The largest absolute Gasteiger partial charge is 0.398 e. The molecule has 2 rings (SSSR count). The van der Waals surface area contributed by atoms with E-state index >= 15 is 0 Å². The molecule has 1 aromatic rings. The van der Waals surface area contributed by atoms with Crippen LogP contribution >= 0.6 is 27.7 Å². The summed E-state index contributed by atoms with van der Waals surface area (Å²) in [7, 11) is 0. The monoisotopic (exact) mass is 287 g/mol. The lowest BCUT2D eigenvalue weighted by Crippen LogP contribution is -2.13. The Bertz CT molecular complexity index is 352. The molecular formula is C11H14BrNOS. The molecule has 0 amide bonds. The van der Waals surface area contributed by atoms with E-state index in [9.17, 15) is 5.11 Å². The molecule has 3 N–H and O–H groups in total. The summed E-state index contributed by atoms with van der Waals surface area (Å²) < 4.78 is 0.954. The molecule has 1 heterocycles. The number of rotatable bonds is 2. The highest BCUT2D eigenvalue weighted by Gasteiger charge is 2.26. The van der Waals surface area contributed by atoms with Crippen molar-refractivity contribution in [2.75, 3.05) is 11.5 Å². The summed E-state index contributed by atoms with van der Waals surface area (Å²) >= 11 is 5.20. The molecule has 1 saturated heterocycles. The molecule has 82 valence electrons. The lowest BCUT2D eigenvalue weighted by molar-refractivity contribution is 0.174. The van der Waals surface area contributed by atoms with Crippen LogP contribution in [0, 0.1) is 0 Å². The van der Waals surface area contributed by atoms with E-state index in [-0.39, 0.29) is 0 Å². The molecule has 1 aromatic carbocycles. The average Bonchev–Trinajstić information content (AvgIpc) is 2.69. The third-order valence-electron chi connectivity index (χ3n) is 2.68. The highest BCUT2D eigenvalue weighted by molar-refractivity contribution is 9.10. The molecule has 15 heavy (non-hydrogen) atoms. The molecule has 1 aliphatic heterocycles. The topological polar surface area (TPSA) is 46.2 Å². The second-order valence-corrected chi connectivity index (χ2v) is 6.03. The summed E-state index contributed by atoms with van der Waals surface area (Å²) in [5, 5.41) is 10.5. The first-order valence-electron chi connectivity index (χ1n) is 5.03. The minimum atomic E-state index is -0.425. The number of aliphatic hydroxyl groups is 1. The SMILES string of the molecule is Nc1cc(Br)ccc1C(O)C1CCCS1. The third-order valence-corrected chi connectivity index (χ3v) is 4.62. The zero-order valence-electron chi connectivity index (χ0n) is 8.32. The van der Waals surface area contributed by atoms with Gasteiger partial charge in [0.25, 0.3) is 0 Å². The fourth-order valence-corrected chi connectivity index (χ4v) is 3.54. The molecule has 1 aliphatic rings. The first-order chi connectivity index (χ1) is 7.18. The van der Waals surface area contributed by atoms with E-state index in [1.165, 1.54) is 6.42 Å². The zero-order chi connectivity index (χ0) is 10.8. The molecule has 4 heteroatoms.